The highest BCUT2D eigenvalue weighted by atomic mass is 19.1. The van der Waals surface area contributed by atoms with E-state index in [0.717, 1.165) is 12.8 Å². The molecule has 1 aromatic heterocycles. The Bertz CT molecular complexity index is 1090. The highest BCUT2D eigenvalue weighted by Crippen LogP contribution is 2.39. The Kier molecular flexibility index (Phi) is 4.35. The van der Waals surface area contributed by atoms with Crippen LogP contribution in [0.4, 0.5) is 4.39 Å². The number of hydrogen-bond acceptors (Lipinski definition) is 4. The van der Waals surface area contributed by atoms with Crippen molar-refractivity contribution in [1.29, 1.82) is 0 Å². The second kappa shape index (κ2) is 6.83. The Balaban J connectivity index is 1.67. The van der Waals surface area contributed by atoms with Gasteiger partial charge in [-0.1, -0.05) is 12.1 Å². The van der Waals surface area contributed by atoms with Crippen molar-refractivity contribution >= 4 is 16.9 Å². The summed E-state index contributed by atoms with van der Waals surface area (Å²) in [6.45, 7) is -0.208. The van der Waals surface area contributed by atoms with Gasteiger partial charge in [0.15, 0.2) is 0 Å². The van der Waals surface area contributed by atoms with Crippen molar-refractivity contribution in [1.82, 2.24) is 9.55 Å². The minimum Gasteiger partial charge on any atom is -0.489 e. The van der Waals surface area contributed by atoms with Crippen LogP contribution in [-0.4, -0.2) is 20.6 Å². The summed E-state index contributed by atoms with van der Waals surface area (Å²) in [4.78, 5) is 28.4. The van der Waals surface area contributed by atoms with Gasteiger partial charge < -0.3 is 9.84 Å². The number of fused-ring (bicyclic) bond motifs is 1. The second-order valence-corrected chi connectivity index (χ2v) is 6.63. The molecule has 2 aromatic carbocycles. The molecule has 1 aliphatic rings. The van der Waals surface area contributed by atoms with Gasteiger partial charge in [0.05, 0.1) is 10.9 Å². The van der Waals surface area contributed by atoms with E-state index in [4.69, 9.17) is 9.84 Å². The summed E-state index contributed by atoms with van der Waals surface area (Å²) in [7, 11) is 0. The zero-order chi connectivity index (χ0) is 19.0. The fraction of sp³-hybridized carbons (Fsp3) is 0.250. The molecule has 6 nitrogen and oxygen atoms in total. The van der Waals surface area contributed by atoms with Crippen molar-refractivity contribution in [3.63, 3.8) is 0 Å². The van der Waals surface area contributed by atoms with Gasteiger partial charge in [0.2, 0.25) is 0 Å². The van der Waals surface area contributed by atoms with Crippen molar-refractivity contribution in [2.24, 2.45) is 0 Å². The smallest absolute Gasteiger partial charge is 0.323 e. The first-order valence-corrected chi connectivity index (χ1v) is 8.65. The Morgan fingerprint density at radius 2 is 2.07 bits per heavy atom. The lowest BCUT2D eigenvalue weighted by atomic mass is 10.2. The first kappa shape index (κ1) is 17.2. The van der Waals surface area contributed by atoms with Crippen LogP contribution >= 0.6 is 0 Å². The van der Waals surface area contributed by atoms with Crippen molar-refractivity contribution < 1.29 is 19.0 Å². The number of ether oxygens (including phenoxy) is 1. The highest BCUT2D eigenvalue weighted by Gasteiger charge is 2.30. The number of halogens is 1. The second-order valence-electron chi connectivity index (χ2n) is 6.63. The summed E-state index contributed by atoms with van der Waals surface area (Å²) in [6.07, 6.45) is 1.79. The summed E-state index contributed by atoms with van der Waals surface area (Å²) in [6, 6.07) is 11.0. The number of aliphatic carboxylic acids is 1. The first-order valence-electron chi connectivity index (χ1n) is 8.65. The first-order chi connectivity index (χ1) is 13.0. The van der Waals surface area contributed by atoms with Crippen LogP contribution in [0.5, 0.6) is 5.75 Å². The van der Waals surface area contributed by atoms with Gasteiger partial charge in [0.25, 0.3) is 5.56 Å². The van der Waals surface area contributed by atoms with Gasteiger partial charge in [0, 0.05) is 12.0 Å². The molecule has 0 amide bonds. The number of aromatic nitrogens is 2. The molecular weight excluding hydrogens is 351 g/mol. The fourth-order valence-electron chi connectivity index (χ4n) is 3.04. The molecule has 0 aliphatic heterocycles. The molecule has 4 rings (SSSR count). The number of carboxylic acids is 1. The van der Waals surface area contributed by atoms with Crippen LogP contribution in [-0.2, 0) is 17.9 Å². The molecule has 0 unspecified atom stereocenters. The van der Waals surface area contributed by atoms with E-state index in [0.29, 0.717) is 28.0 Å². The zero-order valence-corrected chi connectivity index (χ0v) is 14.4. The Hall–Kier alpha value is -3.22. The Morgan fingerprint density at radius 3 is 2.78 bits per heavy atom. The van der Waals surface area contributed by atoms with Crippen LogP contribution in [0.25, 0.3) is 10.9 Å². The monoisotopic (exact) mass is 368 g/mol. The van der Waals surface area contributed by atoms with Crippen molar-refractivity contribution in [2.45, 2.75) is 31.9 Å². The van der Waals surface area contributed by atoms with Crippen molar-refractivity contribution in [3.8, 4) is 5.75 Å². The maximum Gasteiger partial charge on any atom is 0.323 e. The lowest BCUT2D eigenvalue weighted by molar-refractivity contribution is -0.137. The molecule has 0 saturated heterocycles. The van der Waals surface area contributed by atoms with E-state index < -0.39 is 12.5 Å². The quantitative estimate of drug-likeness (QED) is 0.723. The normalized spacial score (nSPS) is 13.7. The van der Waals surface area contributed by atoms with Gasteiger partial charge in [-0.3, -0.25) is 14.2 Å². The molecule has 1 fully saturated rings. The Labute approximate surface area is 153 Å². The van der Waals surface area contributed by atoms with Crippen LogP contribution < -0.4 is 10.3 Å². The molecule has 1 N–H and O–H groups in total. The van der Waals surface area contributed by atoms with E-state index in [-0.39, 0.29) is 23.9 Å². The molecule has 3 aromatic rings. The topological polar surface area (TPSA) is 81.4 Å². The molecule has 1 aliphatic carbocycles. The minimum atomic E-state index is -1.07. The van der Waals surface area contributed by atoms with Crippen LogP contribution in [0.2, 0.25) is 0 Å². The highest BCUT2D eigenvalue weighted by molar-refractivity contribution is 5.79. The van der Waals surface area contributed by atoms with Crippen LogP contribution in [0.3, 0.4) is 0 Å². The predicted octanol–water partition coefficient (Wildman–Crippen LogP) is 3.08. The molecule has 0 atom stereocenters. The van der Waals surface area contributed by atoms with Crippen molar-refractivity contribution in [2.75, 3.05) is 0 Å². The van der Waals surface area contributed by atoms with Crippen LogP contribution in [0.1, 0.15) is 30.1 Å². The third-order valence-corrected chi connectivity index (χ3v) is 4.49. The molecule has 1 saturated carbocycles. The maximum absolute atomic E-state index is 13.3. The SMILES string of the molecule is O=C(O)Cn1c(C2CC2)nc2cc(OCc3cccc(F)c3)ccc2c1=O. The fourth-order valence-corrected chi connectivity index (χ4v) is 3.04. The van der Waals surface area contributed by atoms with Crippen LogP contribution in [0.15, 0.2) is 47.3 Å². The molecule has 1 heterocycles. The van der Waals surface area contributed by atoms with E-state index in [9.17, 15) is 14.0 Å². The minimum absolute atomic E-state index is 0.123. The van der Waals surface area contributed by atoms with Gasteiger partial charge in [-0.15, -0.1) is 0 Å². The largest absolute Gasteiger partial charge is 0.489 e. The number of hydrogen-bond donors (Lipinski definition) is 1. The number of carboxylic acid groups (broad SMARTS) is 1. The number of carbonyl (C=O) groups is 1. The lowest BCUT2D eigenvalue weighted by Gasteiger charge is -2.12. The van der Waals surface area contributed by atoms with Gasteiger partial charge in [-0.2, -0.15) is 0 Å². The van der Waals surface area contributed by atoms with Crippen LogP contribution in [0, 0.1) is 5.82 Å². The van der Waals surface area contributed by atoms with E-state index in [1.807, 2.05) is 0 Å². The predicted molar refractivity (Wildman–Crippen MR) is 96.3 cm³/mol. The molecular formula is C20H17FN2O4. The number of rotatable bonds is 6. The molecule has 0 bridgehead atoms. The van der Waals surface area contributed by atoms with E-state index >= 15 is 0 Å². The molecule has 138 valence electrons. The molecule has 0 radical (unpaired) electrons. The van der Waals surface area contributed by atoms with Gasteiger partial charge >= 0.3 is 5.97 Å². The standard InChI is InChI=1S/C20H17FN2O4/c21-14-3-1-2-12(8-14)11-27-15-6-7-16-17(9-15)22-19(13-4-5-13)23(20(16)26)10-18(24)25/h1-3,6-9,13H,4-5,10-11H2,(H,24,25). The average Bonchev–Trinajstić information content (AvgIpc) is 3.47. The summed E-state index contributed by atoms with van der Waals surface area (Å²) in [5, 5.41) is 9.44. The van der Waals surface area contributed by atoms with E-state index in [1.165, 1.54) is 16.7 Å². The summed E-state index contributed by atoms with van der Waals surface area (Å²) < 4.78 is 20.2. The Morgan fingerprint density at radius 1 is 1.26 bits per heavy atom. The van der Waals surface area contributed by atoms with Gasteiger partial charge in [0.1, 0.15) is 30.5 Å². The van der Waals surface area contributed by atoms with Gasteiger partial charge in [-0.25, -0.2) is 9.37 Å². The summed E-state index contributed by atoms with van der Waals surface area (Å²) in [5.41, 5.74) is 0.805. The summed E-state index contributed by atoms with van der Waals surface area (Å²) >= 11 is 0. The third-order valence-electron chi connectivity index (χ3n) is 4.49. The lowest BCUT2D eigenvalue weighted by Crippen LogP contribution is -2.28. The average molecular weight is 368 g/mol. The molecule has 7 heteroatoms. The molecule has 27 heavy (non-hydrogen) atoms. The van der Waals surface area contributed by atoms with E-state index in [1.54, 1.807) is 30.3 Å². The third kappa shape index (κ3) is 3.67. The van der Waals surface area contributed by atoms with Crippen molar-refractivity contribution in [3.05, 3.63) is 70.0 Å². The van der Waals surface area contributed by atoms with E-state index in [2.05, 4.69) is 4.98 Å². The molecule has 0 spiro atoms. The number of nitrogens with zero attached hydrogens (tertiary/aromatic N) is 2. The number of benzene rings is 2. The summed E-state index contributed by atoms with van der Waals surface area (Å²) in [5.74, 6) is -0.258. The van der Waals surface area contributed by atoms with Gasteiger partial charge in [-0.05, 0) is 42.7 Å². The maximum atomic E-state index is 13.3. The zero-order valence-electron chi connectivity index (χ0n) is 14.4.